The van der Waals surface area contributed by atoms with Gasteiger partial charge >= 0.3 is 0 Å². The minimum absolute atomic E-state index is 0.150. The first kappa shape index (κ1) is 15.6. The first-order valence-electron chi connectivity index (χ1n) is 7.02. The quantitative estimate of drug-likeness (QED) is 0.915. The highest BCUT2D eigenvalue weighted by Crippen LogP contribution is 2.16. The van der Waals surface area contributed by atoms with Crippen molar-refractivity contribution in [3.05, 3.63) is 32.7 Å². The molecule has 0 aliphatic carbocycles. The fourth-order valence-electron chi connectivity index (χ4n) is 2.62. The van der Waals surface area contributed by atoms with Crippen LogP contribution in [0.5, 0.6) is 0 Å². The number of nitriles is 1. The smallest absolute Gasteiger partial charge is 0.266 e. The second kappa shape index (κ2) is 6.81. The third kappa shape index (κ3) is 3.48. The van der Waals surface area contributed by atoms with Crippen LogP contribution in [0.3, 0.4) is 0 Å². The summed E-state index contributed by atoms with van der Waals surface area (Å²) in [7, 11) is 0. The number of aromatic nitrogens is 1. The Balaban J connectivity index is 2.11. The minimum atomic E-state index is -0.351. The second-order valence-corrected chi connectivity index (χ2v) is 6.39. The molecule has 5 nitrogen and oxygen atoms in total. The van der Waals surface area contributed by atoms with E-state index in [4.69, 9.17) is 5.26 Å². The molecule has 1 amide bonds. The van der Waals surface area contributed by atoms with E-state index in [9.17, 15) is 9.59 Å². The average Bonchev–Trinajstić information content (AvgIpc) is 2.47. The normalized spacial score (nSPS) is 14.8. The summed E-state index contributed by atoms with van der Waals surface area (Å²) in [5.41, 5.74) is 2.15. The van der Waals surface area contributed by atoms with Crippen LogP contribution in [0.4, 0.5) is 0 Å². The van der Waals surface area contributed by atoms with E-state index in [1.807, 2.05) is 29.7 Å². The van der Waals surface area contributed by atoms with E-state index in [0.29, 0.717) is 18.4 Å². The predicted molar refractivity (Wildman–Crippen MR) is 83.5 cm³/mol. The van der Waals surface area contributed by atoms with E-state index in [1.54, 1.807) is 6.92 Å². The molecule has 1 fully saturated rings. The number of aryl methyl sites for hydroxylation is 1. The molecule has 1 aromatic heterocycles. The number of hydrogen-bond acceptors (Lipinski definition) is 4. The predicted octanol–water partition coefficient (Wildman–Crippen LogP) is 1.37. The van der Waals surface area contributed by atoms with Crippen LogP contribution in [-0.2, 0) is 11.2 Å². The zero-order valence-electron chi connectivity index (χ0n) is 12.4. The van der Waals surface area contributed by atoms with E-state index >= 15 is 0 Å². The standard InChI is InChI=1S/C15H19N3O2S/c1-10-12(11(2)17-15(20)13(10)9-16)3-4-14(19)18-5-7-21-8-6-18/h3-8H2,1-2H3,(H,17,20). The second-order valence-electron chi connectivity index (χ2n) is 5.16. The van der Waals surface area contributed by atoms with Gasteiger partial charge < -0.3 is 9.88 Å². The summed E-state index contributed by atoms with van der Waals surface area (Å²) in [4.78, 5) is 28.5. The zero-order valence-corrected chi connectivity index (χ0v) is 13.2. The number of carbonyl (C=O) groups is 1. The molecule has 0 aromatic carbocycles. The van der Waals surface area contributed by atoms with Gasteiger partial charge in [0.2, 0.25) is 5.91 Å². The topological polar surface area (TPSA) is 77.0 Å². The average molecular weight is 305 g/mol. The lowest BCUT2D eigenvalue weighted by atomic mass is 9.99. The Morgan fingerprint density at radius 1 is 1.38 bits per heavy atom. The van der Waals surface area contributed by atoms with Crippen molar-refractivity contribution in [2.24, 2.45) is 0 Å². The summed E-state index contributed by atoms with van der Waals surface area (Å²) < 4.78 is 0. The zero-order chi connectivity index (χ0) is 15.4. The molecule has 112 valence electrons. The lowest BCUT2D eigenvalue weighted by Crippen LogP contribution is -2.38. The summed E-state index contributed by atoms with van der Waals surface area (Å²) >= 11 is 1.87. The fourth-order valence-corrected chi connectivity index (χ4v) is 3.53. The molecule has 0 atom stereocenters. The van der Waals surface area contributed by atoms with Crippen molar-refractivity contribution in [1.29, 1.82) is 5.26 Å². The van der Waals surface area contributed by atoms with Crippen LogP contribution in [0.1, 0.15) is 28.8 Å². The van der Waals surface area contributed by atoms with Gasteiger partial charge in [0, 0.05) is 36.7 Å². The number of carbonyl (C=O) groups excluding carboxylic acids is 1. The van der Waals surface area contributed by atoms with Gasteiger partial charge in [0.15, 0.2) is 0 Å². The molecule has 1 aliphatic heterocycles. The Labute approximate surface area is 128 Å². The molecule has 0 unspecified atom stereocenters. The van der Waals surface area contributed by atoms with Crippen molar-refractivity contribution in [3.8, 4) is 6.07 Å². The third-order valence-corrected chi connectivity index (χ3v) is 4.82. The number of aromatic amines is 1. The van der Waals surface area contributed by atoms with Crippen LogP contribution in [-0.4, -0.2) is 40.4 Å². The highest BCUT2D eigenvalue weighted by Gasteiger charge is 2.18. The molecule has 2 rings (SSSR count). The van der Waals surface area contributed by atoms with Crippen molar-refractivity contribution < 1.29 is 4.79 Å². The molecular formula is C15H19N3O2S. The van der Waals surface area contributed by atoms with E-state index < -0.39 is 0 Å². The van der Waals surface area contributed by atoms with Gasteiger partial charge in [-0.3, -0.25) is 9.59 Å². The number of rotatable bonds is 3. The van der Waals surface area contributed by atoms with E-state index in [2.05, 4.69) is 4.98 Å². The van der Waals surface area contributed by atoms with Gasteiger partial charge in [-0.2, -0.15) is 17.0 Å². The highest BCUT2D eigenvalue weighted by atomic mass is 32.2. The number of H-pyrrole nitrogens is 1. The van der Waals surface area contributed by atoms with Crippen LogP contribution in [0.2, 0.25) is 0 Å². The fraction of sp³-hybridized carbons (Fsp3) is 0.533. The largest absolute Gasteiger partial charge is 0.341 e. The Kier molecular flexibility index (Phi) is 5.07. The van der Waals surface area contributed by atoms with Gasteiger partial charge in [-0.25, -0.2) is 0 Å². The lowest BCUT2D eigenvalue weighted by molar-refractivity contribution is -0.130. The minimum Gasteiger partial charge on any atom is -0.341 e. The first-order valence-corrected chi connectivity index (χ1v) is 8.18. The van der Waals surface area contributed by atoms with Crippen LogP contribution < -0.4 is 5.56 Å². The highest BCUT2D eigenvalue weighted by molar-refractivity contribution is 7.99. The SMILES string of the molecule is Cc1[nH]c(=O)c(C#N)c(C)c1CCC(=O)N1CCSCC1. The number of nitrogens with one attached hydrogen (secondary N) is 1. The number of nitrogens with zero attached hydrogens (tertiary/aromatic N) is 2. The Bertz CT molecular complexity index is 640. The van der Waals surface area contributed by atoms with Crippen LogP contribution in [0.15, 0.2) is 4.79 Å². The molecular weight excluding hydrogens is 286 g/mol. The van der Waals surface area contributed by atoms with Gasteiger partial charge in [0.1, 0.15) is 11.6 Å². The van der Waals surface area contributed by atoms with Crippen molar-refractivity contribution in [2.75, 3.05) is 24.6 Å². The first-order chi connectivity index (χ1) is 10.0. The molecule has 6 heteroatoms. The van der Waals surface area contributed by atoms with E-state index in [-0.39, 0.29) is 17.0 Å². The Morgan fingerprint density at radius 2 is 2.05 bits per heavy atom. The van der Waals surface area contributed by atoms with Crippen molar-refractivity contribution >= 4 is 17.7 Å². The summed E-state index contributed by atoms with van der Waals surface area (Å²) in [6.45, 7) is 5.22. The van der Waals surface area contributed by atoms with Crippen molar-refractivity contribution in [2.45, 2.75) is 26.7 Å². The molecule has 0 radical (unpaired) electrons. The summed E-state index contributed by atoms with van der Waals surface area (Å²) in [6, 6.07) is 1.94. The maximum Gasteiger partial charge on any atom is 0.266 e. The third-order valence-electron chi connectivity index (χ3n) is 3.87. The number of pyridine rings is 1. The van der Waals surface area contributed by atoms with Gasteiger partial charge in [-0.15, -0.1) is 0 Å². The molecule has 1 aromatic rings. The molecule has 2 heterocycles. The molecule has 1 N–H and O–H groups in total. The maximum absolute atomic E-state index is 12.2. The van der Waals surface area contributed by atoms with Gasteiger partial charge in [0.25, 0.3) is 5.56 Å². The van der Waals surface area contributed by atoms with Crippen LogP contribution in [0.25, 0.3) is 0 Å². The van der Waals surface area contributed by atoms with Crippen molar-refractivity contribution in [3.63, 3.8) is 0 Å². The van der Waals surface area contributed by atoms with Crippen LogP contribution in [0, 0.1) is 25.2 Å². The number of thioether (sulfide) groups is 1. The number of amides is 1. The Morgan fingerprint density at radius 3 is 2.67 bits per heavy atom. The maximum atomic E-state index is 12.2. The number of hydrogen-bond donors (Lipinski definition) is 1. The molecule has 0 saturated carbocycles. The summed E-state index contributed by atoms with van der Waals surface area (Å²) in [6.07, 6.45) is 0.981. The molecule has 0 spiro atoms. The van der Waals surface area contributed by atoms with E-state index in [0.717, 1.165) is 35.9 Å². The van der Waals surface area contributed by atoms with Gasteiger partial charge in [0.05, 0.1) is 0 Å². The lowest BCUT2D eigenvalue weighted by Gasteiger charge is -2.26. The molecule has 1 saturated heterocycles. The Hall–Kier alpha value is -1.74. The molecule has 21 heavy (non-hydrogen) atoms. The van der Waals surface area contributed by atoms with Gasteiger partial charge in [-0.1, -0.05) is 0 Å². The molecule has 1 aliphatic rings. The van der Waals surface area contributed by atoms with Crippen molar-refractivity contribution in [1.82, 2.24) is 9.88 Å². The summed E-state index contributed by atoms with van der Waals surface area (Å²) in [5, 5.41) is 9.05. The summed E-state index contributed by atoms with van der Waals surface area (Å²) in [5.74, 6) is 2.15. The van der Waals surface area contributed by atoms with E-state index in [1.165, 1.54) is 0 Å². The monoisotopic (exact) mass is 305 g/mol. The molecule has 0 bridgehead atoms. The van der Waals surface area contributed by atoms with Gasteiger partial charge in [-0.05, 0) is 31.4 Å². The van der Waals surface area contributed by atoms with Crippen LogP contribution >= 0.6 is 11.8 Å².